The minimum Gasteiger partial charge on any atom is -0.370 e. The molecule has 2 rings (SSSR count). The number of nitrogens with zero attached hydrogens (tertiary/aromatic N) is 3. The smallest absolute Gasteiger partial charge is 0.137 e. The zero-order valence-electron chi connectivity index (χ0n) is 14.2. The molecule has 4 nitrogen and oxygen atoms in total. The summed E-state index contributed by atoms with van der Waals surface area (Å²) in [6, 6.07) is 0.619. The first kappa shape index (κ1) is 16.1. The van der Waals surface area contributed by atoms with Crippen LogP contribution in [0.15, 0.2) is 0 Å². The topological polar surface area (TPSA) is 41.1 Å². The highest BCUT2D eigenvalue weighted by Crippen LogP contribution is 2.31. The average molecular weight is 290 g/mol. The van der Waals surface area contributed by atoms with Crippen LogP contribution in [0.3, 0.4) is 0 Å². The number of nitrogens with one attached hydrogen (secondary N) is 1. The molecule has 0 amide bonds. The molecular weight excluding hydrogens is 260 g/mol. The third kappa shape index (κ3) is 3.86. The highest BCUT2D eigenvalue weighted by Gasteiger charge is 2.24. The van der Waals surface area contributed by atoms with Crippen molar-refractivity contribution in [3.05, 3.63) is 11.4 Å². The molecule has 0 atom stereocenters. The van der Waals surface area contributed by atoms with Crippen LogP contribution in [0.25, 0.3) is 0 Å². The van der Waals surface area contributed by atoms with Crippen molar-refractivity contribution in [1.82, 2.24) is 9.97 Å². The summed E-state index contributed by atoms with van der Waals surface area (Å²) in [7, 11) is 2.19. The normalized spacial score (nSPS) is 22.1. The van der Waals surface area contributed by atoms with E-state index < -0.39 is 0 Å². The molecule has 21 heavy (non-hydrogen) atoms. The molecule has 118 valence electrons. The molecule has 1 heterocycles. The second kappa shape index (κ2) is 7.10. The Labute approximate surface area is 129 Å². The van der Waals surface area contributed by atoms with E-state index in [1.54, 1.807) is 0 Å². The van der Waals surface area contributed by atoms with E-state index in [4.69, 9.17) is 4.98 Å². The van der Waals surface area contributed by atoms with Gasteiger partial charge in [0.05, 0.1) is 0 Å². The van der Waals surface area contributed by atoms with E-state index >= 15 is 0 Å². The van der Waals surface area contributed by atoms with Crippen LogP contribution in [0.5, 0.6) is 0 Å². The van der Waals surface area contributed by atoms with Crippen molar-refractivity contribution in [3.8, 4) is 0 Å². The molecule has 1 aliphatic rings. The van der Waals surface area contributed by atoms with Crippen molar-refractivity contribution in [3.63, 3.8) is 0 Å². The van der Waals surface area contributed by atoms with E-state index in [0.29, 0.717) is 6.04 Å². The molecule has 1 saturated carbocycles. The van der Waals surface area contributed by atoms with Crippen molar-refractivity contribution < 1.29 is 0 Å². The van der Waals surface area contributed by atoms with Gasteiger partial charge in [-0.3, -0.25) is 0 Å². The lowest BCUT2D eigenvalue weighted by molar-refractivity contribution is 0.339. The molecule has 0 aromatic carbocycles. The van der Waals surface area contributed by atoms with Gasteiger partial charge in [-0.05, 0) is 51.9 Å². The maximum Gasteiger partial charge on any atom is 0.137 e. The molecule has 0 radical (unpaired) electrons. The summed E-state index contributed by atoms with van der Waals surface area (Å²) < 4.78 is 0. The zero-order chi connectivity index (χ0) is 15.4. The number of anilines is 2. The second-order valence-electron chi connectivity index (χ2n) is 6.52. The number of aromatic nitrogens is 2. The van der Waals surface area contributed by atoms with E-state index in [2.05, 4.69) is 43.0 Å². The first-order chi connectivity index (χ1) is 10.0. The number of aryl methyl sites for hydroxylation is 1. The summed E-state index contributed by atoms with van der Waals surface area (Å²) in [5.74, 6) is 3.82. The van der Waals surface area contributed by atoms with E-state index in [-0.39, 0.29) is 0 Å². The van der Waals surface area contributed by atoms with Gasteiger partial charge < -0.3 is 10.2 Å². The molecule has 0 aliphatic heterocycles. The van der Waals surface area contributed by atoms with Gasteiger partial charge in [0.15, 0.2) is 0 Å². The van der Waals surface area contributed by atoms with Crippen LogP contribution in [0.2, 0.25) is 0 Å². The Morgan fingerprint density at radius 2 is 1.81 bits per heavy atom. The van der Waals surface area contributed by atoms with Crippen LogP contribution in [0.4, 0.5) is 11.6 Å². The Balaban J connectivity index is 2.19. The first-order valence-electron chi connectivity index (χ1n) is 8.34. The summed E-state index contributed by atoms with van der Waals surface area (Å²) in [4.78, 5) is 11.7. The SMILES string of the molecule is CCCNc1nc(C)nc(N(C)C2CCC(C)CC2)c1C. The van der Waals surface area contributed by atoms with Gasteiger partial charge in [-0.15, -0.1) is 0 Å². The van der Waals surface area contributed by atoms with Crippen molar-refractivity contribution in [1.29, 1.82) is 0 Å². The number of hydrogen-bond donors (Lipinski definition) is 1. The number of hydrogen-bond acceptors (Lipinski definition) is 4. The Kier molecular flexibility index (Phi) is 5.43. The molecular formula is C17H30N4. The monoisotopic (exact) mass is 290 g/mol. The minimum atomic E-state index is 0.619. The van der Waals surface area contributed by atoms with Gasteiger partial charge in [0, 0.05) is 25.2 Å². The van der Waals surface area contributed by atoms with Gasteiger partial charge in [-0.2, -0.15) is 0 Å². The molecule has 0 saturated heterocycles. The highest BCUT2D eigenvalue weighted by atomic mass is 15.2. The van der Waals surface area contributed by atoms with Crippen molar-refractivity contribution in [2.24, 2.45) is 5.92 Å². The van der Waals surface area contributed by atoms with Gasteiger partial charge in [0.1, 0.15) is 17.5 Å². The fraction of sp³-hybridized carbons (Fsp3) is 0.765. The Bertz CT molecular complexity index is 464. The second-order valence-corrected chi connectivity index (χ2v) is 6.52. The van der Waals surface area contributed by atoms with E-state index in [1.165, 1.54) is 31.2 Å². The van der Waals surface area contributed by atoms with Crippen molar-refractivity contribution in [2.75, 3.05) is 23.8 Å². The lowest BCUT2D eigenvalue weighted by Gasteiger charge is -2.35. The Morgan fingerprint density at radius 3 is 2.43 bits per heavy atom. The Hall–Kier alpha value is -1.32. The van der Waals surface area contributed by atoms with Gasteiger partial charge in [-0.25, -0.2) is 9.97 Å². The van der Waals surface area contributed by atoms with Crippen molar-refractivity contribution in [2.45, 2.75) is 65.8 Å². The lowest BCUT2D eigenvalue weighted by atomic mass is 9.86. The molecule has 4 heteroatoms. The molecule has 0 bridgehead atoms. The predicted octanol–water partition coefficient (Wildman–Crippen LogP) is 3.93. The van der Waals surface area contributed by atoms with Crippen LogP contribution in [-0.2, 0) is 0 Å². The van der Waals surface area contributed by atoms with Gasteiger partial charge in [0.25, 0.3) is 0 Å². The predicted molar refractivity (Wildman–Crippen MR) is 90.1 cm³/mol. The van der Waals surface area contributed by atoms with Gasteiger partial charge >= 0.3 is 0 Å². The quantitative estimate of drug-likeness (QED) is 0.892. The summed E-state index contributed by atoms with van der Waals surface area (Å²) in [5.41, 5.74) is 1.18. The van der Waals surface area contributed by atoms with Gasteiger partial charge in [0.2, 0.25) is 0 Å². The molecule has 1 aromatic rings. The van der Waals surface area contributed by atoms with E-state index in [9.17, 15) is 0 Å². The summed E-state index contributed by atoms with van der Waals surface area (Å²) in [6.45, 7) is 9.61. The third-order valence-corrected chi connectivity index (χ3v) is 4.64. The molecule has 0 spiro atoms. The maximum atomic E-state index is 4.71. The van der Waals surface area contributed by atoms with Gasteiger partial charge in [-0.1, -0.05) is 13.8 Å². The zero-order valence-corrected chi connectivity index (χ0v) is 14.2. The highest BCUT2D eigenvalue weighted by molar-refractivity contribution is 5.58. The summed E-state index contributed by atoms with van der Waals surface area (Å²) >= 11 is 0. The summed E-state index contributed by atoms with van der Waals surface area (Å²) in [6.07, 6.45) is 6.32. The van der Waals surface area contributed by atoms with Crippen LogP contribution in [0, 0.1) is 19.8 Å². The van der Waals surface area contributed by atoms with Crippen LogP contribution >= 0.6 is 0 Å². The molecule has 1 fully saturated rings. The fourth-order valence-corrected chi connectivity index (χ4v) is 3.18. The molecule has 0 unspecified atom stereocenters. The summed E-state index contributed by atoms with van der Waals surface area (Å²) in [5, 5.41) is 3.43. The third-order valence-electron chi connectivity index (χ3n) is 4.64. The van der Waals surface area contributed by atoms with E-state index in [1.807, 2.05) is 6.92 Å². The van der Waals surface area contributed by atoms with Crippen LogP contribution in [0.1, 0.15) is 57.3 Å². The molecule has 1 aromatic heterocycles. The fourth-order valence-electron chi connectivity index (χ4n) is 3.18. The van der Waals surface area contributed by atoms with Crippen LogP contribution in [-0.4, -0.2) is 29.6 Å². The molecule has 1 aliphatic carbocycles. The standard InChI is InChI=1S/C17H30N4/c1-6-11-18-16-13(3)17(20-14(4)19-16)21(5)15-9-7-12(2)8-10-15/h12,15H,6-11H2,1-5H3,(H,18,19,20). The molecule has 1 N–H and O–H groups in total. The maximum absolute atomic E-state index is 4.71. The average Bonchev–Trinajstić information content (AvgIpc) is 2.48. The Morgan fingerprint density at radius 1 is 1.14 bits per heavy atom. The minimum absolute atomic E-state index is 0.619. The number of rotatable bonds is 5. The van der Waals surface area contributed by atoms with Crippen molar-refractivity contribution >= 4 is 11.6 Å². The van der Waals surface area contributed by atoms with Crippen LogP contribution < -0.4 is 10.2 Å². The van der Waals surface area contributed by atoms with E-state index in [0.717, 1.165) is 36.3 Å². The largest absolute Gasteiger partial charge is 0.370 e. The first-order valence-corrected chi connectivity index (χ1v) is 8.34. The lowest BCUT2D eigenvalue weighted by Crippen LogP contribution is -2.36.